The highest BCUT2D eigenvalue weighted by molar-refractivity contribution is 5.99. The molecule has 4 aromatic rings. The predicted octanol–water partition coefficient (Wildman–Crippen LogP) is 5.68. The van der Waals surface area contributed by atoms with Crippen molar-refractivity contribution in [2.45, 2.75) is 56.5 Å². The Morgan fingerprint density at radius 1 is 1.05 bits per heavy atom. The summed E-state index contributed by atoms with van der Waals surface area (Å²) in [6.45, 7) is 0.637. The number of alkyl halides is 1. The summed E-state index contributed by atoms with van der Waals surface area (Å²) in [6.07, 6.45) is 5.17. The quantitative estimate of drug-likeness (QED) is 0.200. The van der Waals surface area contributed by atoms with Crippen molar-refractivity contribution in [1.29, 1.82) is 0 Å². The molecule has 6 rings (SSSR count). The minimum atomic E-state index is -2.84. The second-order valence-electron chi connectivity index (χ2n) is 10.8. The molecular formula is C31H31F2N3O5. The van der Waals surface area contributed by atoms with Crippen molar-refractivity contribution in [1.82, 2.24) is 14.9 Å². The van der Waals surface area contributed by atoms with Crippen molar-refractivity contribution in [2.24, 2.45) is 5.92 Å². The number of hydrogen-bond acceptors (Lipinski definition) is 8. The zero-order chi connectivity index (χ0) is 28.6. The zero-order valence-electron chi connectivity index (χ0n) is 22.7. The Bertz CT molecular complexity index is 1570. The van der Waals surface area contributed by atoms with Crippen LogP contribution in [0.15, 0.2) is 59.5 Å². The first-order valence-corrected chi connectivity index (χ1v) is 14.0. The van der Waals surface area contributed by atoms with Gasteiger partial charge in [0.25, 0.3) is 0 Å². The molecule has 2 atom stereocenters. The summed E-state index contributed by atoms with van der Waals surface area (Å²) < 4.78 is 49.8. The van der Waals surface area contributed by atoms with Crippen LogP contribution in [0.1, 0.15) is 55.7 Å². The SMILES string of the molecule is COC(=O)C1CCC(OC(F)(C(=O)C(c2ccc3ncoc3c2F)c2nccc3ccccc23)N2CCCC2)CC1. The highest BCUT2D eigenvalue weighted by Crippen LogP contribution is 2.41. The first-order valence-electron chi connectivity index (χ1n) is 14.0. The van der Waals surface area contributed by atoms with Crippen molar-refractivity contribution >= 4 is 33.6 Å². The third kappa shape index (κ3) is 4.99. The third-order valence-electron chi connectivity index (χ3n) is 8.37. The van der Waals surface area contributed by atoms with Gasteiger partial charge in [-0.25, -0.2) is 14.3 Å². The molecule has 0 spiro atoms. The Balaban J connectivity index is 1.44. The maximum atomic E-state index is 17.5. The van der Waals surface area contributed by atoms with E-state index in [1.165, 1.54) is 24.3 Å². The lowest BCUT2D eigenvalue weighted by molar-refractivity contribution is -0.253. The van der Waals surface area contributed by atoms with E-state index in [4.69, 9.17) is 13.9 Å². The van der Waals surface area contributed by atoms with Gasteiger partial charge < -0.3 is 13.9 Å². The topological polar surface area (TPSA) is 94.8 Å². The molecule has 0 N–H and O–H groups in total. The number of oxazole rings is 1. The first-order chi connectivity index (χ1) is 19.9. The molecule has 0 radical (unpaired) electrons. The molecule has 2 unspecified atom stereocenters. The van der Waals surface area contributed by atoms with Gasteiger partial charge in [-0.3, -0.25) is 14.6 Å². The Kier molecular flexibility index (Phi) is 7.52. The van der Waals surface area contributed by atoms with E-state index in [2.05, 4.69) is 9.97 Å². The Hall–Kier alpha value is -3.76. The smallest absolute Gasteiger partial charge is 0.330 e. The lowest BCUT2D eigenvalue weighted by Crippen LogP contribution is -2.56. The van der Waals surface area contributed by atoms with Crippen molar-refractivity contribution in [3.8, 4) is 0 Å². The molecule has 0 amide bonds. The zero-order valence-corrected chi connectivity index (χ0v) is 22.7. The number of aromatic nitrogens is 2. The number of carbonyl (C=O) groups excluding carboxylic acids is 2. The fourth-order valence-electron chi connectivity index (χ4n) is 6.19. The maximum Gasteiger partial charge on any atom is 0.330 e. The normalized spacial score (nSPS) is 22.0. The highest BCUT2D eigenvalue weighted by Gasteiger charge is 2.53. The number of Topliss-reactive ketones (excluding diaryl/α,β-unsaturated/α-hetero) is 1. The number of ketones is 1. The number of nitrogens with zero attached hydrogens (tertiary/aromatic N) is 3. The number of likely N-dealkylation sites (tertiary alicyclic amines) is 1. The summed E-state index contributed by atoms with van der Waals surface area (Å²) in [4.78, 5) is 36.6. The second-order valence-corrected chi connectivity index (χ2v) is 10.8. The van der Waals surface area contributed by atoms with Gasteiger partial charge in [0.05, 0.1) is 30.7 Å². The number of hydrogen-bond donors (Lipinski definition) is 0. The lowest BCUT2D eigenvalue weighted by atomic mass is 9.85. The second kappa shape index (κ2) is 11.3. The van der Waals surface area contributed by atoms with Gasteiger partial charge in [-0.2, -0.15) is 4.39 Å². The number of halogens is 2. The average Bonchev–Trinajstić information content (AvgIpc) is 3.72. The third-order valence-corrected chi connectivity index (χ3v) is 8.37. The van der Waals surface area contributed by atoms with Crippen molar-refractivity contribution in [3.05, 3.63) is 72.1 Å². The molecule has 2 fully saturated rings. The summed E-state index contributed by atoms with van der Waals surface area (Å²) >= 11 is 0. The van der Waals surface area contributed by atoms with Crippen LogP contribution in [0.2, 0.25) is 0 Å². The van der Waals surface area contributed by atoms with E-state index in [0.717, 1.165) is 11.8 Å². The van der Waals surface area contributed by atoms with Crippen LogP contribution in [0.4, 0.5) is 8.78 Å². The van der Waals surface area contributed by atoms with Crippen LogP contribution >= 0.6 is 0 Å². The molecule has 1 saturated heterocycles. The monoisotopic (exact) mass is 563 g/mol. The van der Waals surface area contributed by atoms with Crippen molar-refractivity contribution in [2.75, 3.05) is 20.2 Å². The molecular weight excluding hydrogens is 532 g/mol. The fraction of sp³-hybridized carbons (Fsp3) is 0.419. The van der Waals surface area contributed by atoms with Gasteiger partial charge in [-0.15, -0.1) is 0 Å². The van der Waals surface area contributed by atoms with E-state index in [1.54, 1.807) is 24.3 Å². The van der Waals surface area contributed by atoms with Crippen LogP contribution in [-0.4, -0.2) is 58.9 Å². The van der Waals surface area contributed by atoms with Crippen LogP contribution in [-0.2, 0) is 19.1 Å². The van der Waals surface area contributed by atoms with Gasteiger partial charge in [0.15, 0.2) is 17.8 Å². The van der Waals surface area contributed by atoms with Crippen LogP contribution in [0.5, 0.6) is 0 Å². The molecule has 2 aliphatic rings. The van der Waals surface area contributed by atoms with E-state index < -0.39 is 29.6 Å². The Morgan fingerprint density at radius 3 is 2.56 bits per heavy atom. The van der Waals surface area contributed by atoms with Gasteiger partial charge in [0, 0.05) is 30.2 Å². The maximum absolute atomic E-state index is 17.5. The van der Waals surface area contributed by atoms with Crippen LogP contribution in [0, 0.1) is 11.7 Å². The number of esters is 1. The average molecular weight is 564 g/mol. The molecule has 2 aromatic carbocycles. The molecule has 2 aromatic heterocycles. The molecule has 214 valence electrons. The fourth-order valence-corrected chi connectivity index (χ4v) is 6.19. The largest absolute Gasteiger partial charge is 0.469 e. The number of benzene rings is 2. The molecule has 0 bridgehead atoms. The number of methoxy groups -OCH3 is 1. The molecule has 1 aliphatic heterocycles. The minimum Gasteiger partial charge on any atom is -0.469 e. The summed E-state index contributed by atoms with van der Waals surface area (Å²) in [7, 11) is 1.35. The van der Waals surface area contributed by atoms with E-state index in [0.29, 0.717) is 57.0 Å². The van der Waals surface area contributed by atoms with Crippen LogP contribution in [0.3, 0.4) is 0 Å². The Labute approximate surface area is 235 Å². The van der Waals surface area contributed by atoms with Crippen molar-refractivity contribution < 1.29 is 32.3 Å². The van der Waals surface area contributed by atoms with Crippen LogP contribution in [0.25, 0.3) is 21.9 Å². The Morgan fingerprint density at radius 2 is 1.80 bits per heavy atom. The predicted molar refractivity (Wildman–Crippen MR) is 146 cm³/mol. The number of pyridine rings is 1. The molecule has 1 aliphatic carbocycles. The van der Waals surface area contributed by atoms with Crippen LogP contribution < -0.4 is 0 Å². The highest BCUT2D eigenvalue weighted by atomic mass is 19.2. The molecule has 1 saturated carbocycles. The standard InChI is InChI=1S/C31H31F2N3O5/c1-39-30(38)20-8-10-21(11-9-20)41-31(33,36-16-4-5-17-36)29(37)25(23-12-13-24-28(26(23)32)40-18-35-24)27-22-7-3-2-6-19(22)14-15-34-27/h2-3,6-7,12-15,18,20-21,25H,4-5,8-11,16-17H2,1H3. The summed E-state index contributed by atoms with van der Waals surface area (Å²) in [5.74, 6) is -6.61. The molecule has 41 heavy (non-hydrogen) atoms. The van der Waals surface area contributed by atoms with Gasteiger partial charge in [0.1, 0.15) is 5.52 Å². The number of fused-ring (bicyclic) bond motifs is 2. The van der Waals surface area contributed by atoms with Crippen molar-refractivity contribution in [3.63, 3.8) is 0 Å². The summed E-state index contributed by atoms with van der Waals surface area (Å²) in [5, 5.41) is 1.39. The molecule has 3 heterocycles. The summed E-state index contributed by atoms with van der Waals surface area (Å²) in [5.41, 5.74) is 0.327. The summed E-state index contributed by atoms with van der Waals surface area (Å²) in [6, 6.07) is 12.1. The van der Waals surface area contributed by atoms with E-state index >= 15 is 8.78 Å². The number of ether oxygens (including phenoxy) is 2. The molecule has 10 heteroatoms. The van der Waals surface area contributed by atoms with Gasteiger partial charge in [-0.05, 0) is 56.0 Å². The minimum absolute atomic E-state index is 0.0673. The first kappa shape index (κ1) is 27.4. The van der Waals surface area contributed by atoms with Gasteiger partial charge in [-0.1, -0.05) is 30.3 Å². The van der Waals surface area contributed by atoms with E-state index in [9.17, 15) is 9.59 Å². The molecule has 8 nitrogen and oxygen atoms in total. The van der Waals surface area contributed by atoms with Gasteiger partial charge >= 0.3 is 11.9 Å². The van der Waals surface area contributed by atoms with E-state index in [-0.39, 0.29) is 34.2 Å². The van der Waals surface area contributed by atoms with E-state index in [1.807, 2.05) is 12.1 Å². The number of carbonyl (C=O) groups is 2. The lowest BCUT2D eigenvalue weighted by Gasteiger charge is -2.39. The van der Waals surface area contributed by atoms with Gasteiger partial charge in [0.2, 0.25) is 5.78 Å². The number of rotatable bonds is 8.